The second-order valence-corrected chi connectivity index (χ2v) is 9.64. The van der Waals surface area contributed by atoms with Gasteiger partial charge in [0.15, 0.2) is 27.3 Å². The molecule has 0 saturated carbocycles. The van der Waals surface area contributed by atoms with E-state index in [4.69, 9.17) is 16.3 Å². The van der Waals surface area contributed by atoms with Gasteiger partial charge in [-0.3, -0.25) is 9.69 Å². The van der Waals surface area contributed by atoms with E-state index in [0.29, 0.717) is 47.9 Å². The van der Waals surface area contributed by atoms with Crippen molar-refractivity contribution < 1.29 is 17.9 Å². The van der Waals surface area contributed by atoms with Gasteiger partial charge in [-0.05, 0) is 18.2 Å². The van der Waals surface area contributed by atoms with E-state index in [1.54, 1.807) is 23.9 Å². The monoisotopic (exact) mass is 463 g/mol. The molecule has 1 atom stereocenters. The van der Waals surface area contributed by atoms with Gasteiger partial charge in [-0.2, -0.15) is 5.10 Å². The molecule has 0 spiro atoms. The minimum atomic E-state index is -3.51. The van der Waals surface area contributed by atoms with Crippen LogP contribution in [0.2, 0.25) is 5.02 Å². The van der Waals surface area contributed by atoms with Gasteiger partial charge in [0.25, 0.3) is 0 Å². The first kappa shape index (κ1) is 21.5. The molecule has 1 aliphatic rings. The SMILES string of the molecule is COc1cc(N2CCN(C(C=O)n3ncc4c(S(C)(=O)=O)nccc43)CC2)ccc1Cl. The third-order valence-corrected chi connectivity index (χ3v) is 6.74. The van der Waals surface area contributed by atoms with Gasteiger partial charge in [-0.25, -0.2) is 18.1 Å². The Bertz CT molecular complexity index is 1220. The first-order chi connectivity index (χ1) is 14.8. The summed E-state index contributed by atoms with van der Waals surface area (Å²) in [6.45, 7) is 2.65. The number of carbonyl (C=O) groups is 1. The lowest BCUT2D eigenvalue weighted by Crippen LogP contribution is -2.49. The number of nitrogens with zero attached hydrogens (tertiary/aromatic N) is 5. The molecule has 4 rings (SSSR count). The van der Waals surface area contributed by atoms with Crippen molar-refractivity contribution in [2.75, 3.05) is 44.4 Å². The molecule has 1 aliphatic heterocycles. The molecule has 1 unspecified atom stereocenters. The molecule has 9 nitrogen and oxygen atoms in total. The second kappa shape index (κ2) is 8.45. The predicted molar refractivity (Wildman–Crippen MR) is 118 cm³/mol. The van der Waals surface area contributed by atoms with Crippen LogP contribution in [-0.2, 0) is 14.6 Å². The average molecular weight is 464 g/mol. The number of pyridine rings is 1. The van der Waals surface area contributed by atoms with E-state index in [9.17, 15) is 13.2 Å². The summed E-state index contributed by atoms with van der Waals surface area (Å²) < 4.78 is 30.9. The van der Waals surface area contributed by atoms with Crippen LogP contribution in [0.4, 0.5) is 5.69 Å². The van der Waals surface area contributed by atoms with Gasteiger partial charge in [0.05, 0.1) is 29.2 Å². The normalized spacial score (nSPS) is 16.4. The lowest BCUT2D eigenvalue weighted by molar-refractivity contribution is -0.115. The third kappa shape index (κ3) is 4.10. The maximum atomic E-state index is 12.0. The Morgan fingerprint density at radius 3 is 2.58 bits per heavy atom. The van der Waals surface area contributed by atoms with Gasteiger partial charge in [0.2, 0.25) is 0 Å². The van der Waals surface area contributed by atoms with Crippen LogP contribution in [0.15, 0.2) is 41.7 Å². The number of methoxy groups -OCH3 is 1. The lowest BCUT2D eigenvalue weighted by atomic mass is 10.2. The highest BCUT2D eigenvalue weighted by Crippen LogP contribution is 2.30. The molecule has 0 radical (unpaired) electrons. The molecule has 2 aromatic heterocycles. The van der Waals surface area contributed by atoms with Gasteiger partial charge >= 0.3 is 0 Å². The van der Waals surface area contributed by atoms with Crippen molar-refractivity contribution in [1.82, 2.24) is 19.7 Å². The van der Waals surface area contributed by atoms with Crippen LogP contribution in [0.25, 0.3) is 10.9 Å². The number of hydrogen-bond donors (Lipinski definition) is 0. The van der Waals surface area contributed by atoms with E-state index in [1.807, 2.05) is 17.0 Å². The fraction of sp³-hybridized carbons (Fsp3) is 0.350. The zero-order chi connectivity index (χ0) is 22.2. The van der Waals surface area contributed by atoms with Crippen LogP contribution in [0.3, 0.4) is 0 Å². The topological polar surface area (TPSA) is 97.6 Å². The van der Waals surface area contributed by atoms with Crippen LogP contribution >= 0.6 is 11.6 Å². The summed E-state index contributed by atoms with van der Waals surface area (Å²) in [6.07, 6.45) is 4.16. The molecule has 0 bridgehead atoms. The van der Waals surface area contributed by atoms with E-state index in [-0.39, 0.29) is 5.03 Å². The van der Waals surface area contributed by atoms with Crippen molar-refractivity contribution in [1.29, 1.82) is 0 Å². The Morgan fingerprint density at radius 1 is 1.19 bits per heavy atom. The fourth-order valence-electron chi connectivity index (χ4n) is 3.84. The number of fused-ring (bicyclic) bond motifs is 1. The Morgan fingerprint density at radius 2 is 1.94 bits per heavy atom. The standard InChI is InChI=1S/C20H22ClN5O4S/c1-30-18-11-14(3-4-16(18)21)24-7-9-25(10-8-24)19(13-27)26-17-5-6-22-20(31(2,28)29)15(17)12-23-26/h3-6,11-13,19H,7-10H2,1-2H3. The summed E-state index contributed by atoms with van der Waals surface area (Å²) >= 11 is 6.12. The molecule has 0 aliphatic carbocycles. The molecule has 3 heterocycles. The molecule has 164 valence electrons. The molecule has 11 heteroatoms. The number of benzene rings is 1. The smallest absolute Gasteiger partial charge is 0.193 e. The second-order valence-electron chi connectivity index (χ2n) is 7.30. The van der Waals surface area contributed by atoms with E-state index < -0.39 is 16.0 Å². The van der Waals surface area contributed by atoms with Crippen molar-refractivity contribution in [3.8, 4) is 5.75 Å². The van der Waals surface area contributed by atoms with Crippen molar-refractivity contribution in [2.45, 2.75) is 11.2 Å². The molecule has 0 amide bonds. The number of ether oxygens (including phenoxy) is 1. The van der Waals surface area contributed by atoms with Crippen molar-refractivity contribution in [2.24, 2.45) is 0 Å². The fourth-order valence-corrected chi connectivity index (χ4v) is 4.85. The number of sulfone groups is 1. The van der Waals surface area contributed by atoms with Gasteiger partial charge < -0.3 is 9.64 Å². The van der Waals surface area contributed by atoms with Crippen LogP contribution in [0.1, 0.15) is 6.17 Å². The van der Waals surface area contributed by atoms with Crippen LogP contribution < -0.4 is 9.64 Å². The Balaban J connectivity index is 1.56. The van der Waals surface area contributed by atoms with E-state index >= 15 is 0 Å². The van der Waals surface area contributed by atoms with Gasteiger partial charge in [0, 0.05) is 50.4 Å². The first-order valence-corrected chi connectivity index (χ1v) is 11.9. The average Bonchev–Trinajstić information content (AvgIpc) is 3.18. The summed E-state index contributed by atoms with van der Waals surface area (Å²) in [4.78, 5) is 20.2. The van der Waals surface area contributed by atoms with Crippen molar-refractivity contribution in [3.05, 3.63) is 41.7 Å². The number of piperazine rings is 1. The quantitative estimate of drug-likeness (QED) is 0.512. The molecule has 0 N–H and O–H groups in total. The molecule has 1 saturated heterocycles. The van der Waals surface area contributed by atoms with Gasteiger partial charge in [-0.1, -0.05) is 11.6 Å². The van der Waals surface area contributed by atoms with Crippen molar-refractivity contribution in [3.63, 3.8) is 0 Å². The maximum absolute atomic E-state index is 12.0. The number of halogens is 1. The summed E-state index contributed by atoms with van der Waals surface area (Å²) in [6, 6.07) is 7.32. The van der Waals surface area contributed by atoms with Crippen LogP contribution in [0.5, 0.6) is 5.75 Å². The third-order valence-electron chi connectivity index (χ3n) is 5.40. The largest absolute Gasteiger partial charge is 0.495 e. The first-order valence-electron chi connectivity index (χ1n) is 9.63. The zero-order valence-corrected chi connectivity index (χ0v) is 18.7. The number of anilines is 1. The number of carbonyl (C=O) groups excluding carboxylic acids is 1. The Kier molecular flexibility index (Phi) is 5.87. The van der Waals surface area contributed by atoms with E-state index in [0.717, 1.165) is 18.2 Å². The molecule has 31 heavy (non-hydrogen) atoms. The number of aldehydes is 1. The minimum Gasteiger partial charge on any atom is -0.495 e. The van der Waals surface area contributed by atoms with Gasteiger partial charge in [-0.15, -0.1) is 0 Å². The molecular formula is C20H22ClN5O4S. The molecule has 1 aromatic carbocycles. The molecular weight excluding hydrogens is 442 g/mol. The van der Waals surface area contributed by atoms with Crippen molar-refractivity contribution >= 4 is 44.3 Å². The highest BCUT2D eigenvalue weighted by Gasteiger charge is 2.28. The number of aromatic nitrogens is 3. The summed E-state index contributed by atoms with van der Waals surface area (Å²) in [5.74, 6) is 0.616. The number of rotatable bonds is 6. The van der Waals surface area contributed by atoms with Crippen LogP contribution in [-0.4, -0.2) is 73.9 Å². The van der Waals surface area contributed by atoms with E-state index in [1.165, 1.54) is 12.4 Å². The van der Waals surface area contributed by atoms with Crippen LogP contribution in [0, 0.1) is 0 Å². The number of hydrogen-bond acceptors (Lipinski definition) is 8. The summed E-state index contributed by atoms with van der Waals surface area (Å²) in [5, 5.41) is 5.24. The Hall–Kier alpha value is -2.69. The summed E-state index contributed by atoms with van der Waals surface area (Å²) in [5.41, 5.74) is 1.55. The highest BCUT2D eigenvalue weighted by molar-refractivity contribution is 7.90. The van der Waals surface area contributed by atoms with Gasteiger partial charge in [0.1, 0.15) is 5.75 Å². The zero-order valence-electron chi connectivity index (χ0n) is 17.1. The Labute approximate surface area is 185 Å². The minimum absolute atomic E-state index is 0.0394. The van der Waals surface area contributed by atoms with E-state index in [2.05, 4.69) is 15.0 Å². The highest BCUT2D eigenvalue weighted by atomic mass is 35.5. The lowest BCUT2D eigenvalue weighted by Gasteiger charge is -2.38. The predicted octanol–water partition coefficient (Wildman–Crippen LogP) is 2.02. The maximum Gasteiger partial charge on any atom is 0.193 e. The molecule has 3 aromatic rings. The molecule has 1 fully saturated rings. The summed E-state index contributed by atoms with van der Waals surface area (Å²) in [7, 11) is -1.93.